The van der Waals surface area contributed by atoms with Crippen LogP contribution in [-0.4, -0.2) is 19.3 Å². The smallest absolute Gasteiger partial charge is 0.411 e. The highest BCUT2D eigenvalue weighted by atomic mass is 19.1. The van der Waals surface area contributed by atoms with Gasteiger partial charge < -0.3 is 10.1 Å². The predicted octanol–water partition coefficient (Wildman–Crippen LogP) is 1.77. The molecule has 0 aromatic carbocycles. The summed E-state index contributed by atoms with van der Waals surface area (Å²) in [5.74, 6) is 0. The summed E-state index contributed by atoms with van der Waals surface area (Å²) in [5.41, 5.74) is 0. The van der Waals surface area contributed by atoms with E-state index in [2.05, 4.69) is 16.6 Å². The quantitative estimate of drug-likeness (QED) is 0.519. The molecule has 0 aliphatic rings. The van der Waals surface area contributed by atoms with Gasteiger partial charge in [-0.25, -0.2) is 9.18 Å². The van der Waals surface area contributed by atoms with Crippen LogP contribution in [0.3, 0.4) is 0 Å². The topological polar surface area (TPSA) is 38.3 Å². The molecule has 0 aromatic rings. The molecule has 0 saturated heterocycles. The molecule has 0 saturated carbocycles. The molecule has 0 heterocycles. The lowest BCUT2D eigenvalue weighted by atomic mass is 10.3. The fourth-order valence-corrected chi connectivity index (χ4v) is 0.451. The lowest BCUT2D eigenvalue weighted by molar-refractivity contribution is 0.187. The van der Waals surface area contributed by atoms with Crippen LogP contribution in [0.2, 0.25) is 0 Å². The Morgan fingerprint density at radius 3 is 3.00 bits per heavy atom. The zero-order chi connectivity index (χ0) is 9.40. The van der Waals surface area contributed by atoms with Crippen molar-refractivity contribution in [2.75, 3.05) is 7.05 Å². The van der Waals surface area contributed by atoms with E-state index in [1.807, 2.05) is 0 Å². The standard InChI is InChI=1S/C8H12FNO2/c1-3-7(9)5-4-6-12-8(11)10-2/h3-4,6-7H,1,5H2,2H3,(H,10,11)/b6-4+. The number of rotatable bonds is 4. The summed E-state index contributed by atoms with van der Waals surface area (Å²) in [6.07, 6.45) is 2.26. The summed E-state index contributed by atoms with van der Waals surface area (Å²) in [4.78, 5) is 10.4. The summed E-state index contributed by atoms with van der Waals surface area (Å²) in [6.45, 7) is 3.26. The van der Waals surface area contributed by atoms with Crippen molar-refractivity contribution in [1.29, 1.82) is 0 Å². The van der Waals surface area contributed by atoms with Crippen LogP contribution in [0.5, 0.6) is 0 Å². The zero-order valence-electron chi connectivity index (χ0n) is 6.92. The number of hydrogen-bond acceptors (Lipinski definition) is 2. The molecule has 0 aliphatic heterocycles. The van der Waals surface area contributed by atoms with Gasteiger partial charge in [0, 0.05) is 13.5 Å². The maximum absolute atomic E-state index is 12.4. The Morgan fingerprint density at radius 2 is 2.50 bits per heavy atom. The highest BCUT2D eigenvalue weighted by Crippen LogP contribution is 1.99. The molecular formula is C8H12FNO2. The fourth-order valence-electron chi connectivity index (χ4n) is 0.451. The minimum absolute atomic E-state index is 0.167. The second-order valence-corrected chi connectivity index (χ2v) is 2.01. The van der Waals surface area contributed by atoms with Gasteiger partial charge in [-0.05, 0) is 6.08 Å². The summed E-state index contributed by atoms with van der Waals surface area (Å²) in [7, 11) is 1.44. The van der Waals surface area contributed by atoms with E-state index in [1.54, 1.807) is 0 Å². The van der Waals surface area contributed by atoms with Crippen LogP contribution in [0.4, 0.5) is 9.18 Å². The van der Waals surface area contributed by atoms with Gasteiger partial charge in [-0.3, -0.25) is 0 Å². The van der Waals surface area contributed by atoms with Gasteiger partial charge in [0.25, 0.3) is 0 Å². The van der Waals surface area contributed by atoms with E-state index in [0.717, 1.165) is 6.26 Å². The van der Waals surface area contributed by atoms with Crippen LogP contribution in [0.1, 0.15) is 6.42 Å². The zero-order valence-corrected chi connectivity index (χ0v) is 6.92. The van der Waals surface area contributed by atoms with E-state index in [0.29, 0.717) is 0 Å². The van der Waals surface area contributed by atoms with Crippen LogP contribution in [0.25, 0.3) is 0 Å². The van der Waals surface area contributed by atoms with Crippen molar-refractivity contribution >= 4 is 6.09 Å². The van der Waals surface area contributed by atoms with Gasteiger partial charge in [-0.1, -0.05) is 6.08 Å². The summed E-state index contributed by atoms with van der Waals surface area (Å²) < 4.78 is 16.9. The molecular weight excluding hydrogens is 161 g/mol. The molecule has 1 unspecified atom stereocenters. The Bertz CT molecular complexity index is 180. The second-order valence-electron chi connectivity index (χ2n) is 2.01. The Kier molecular flexibility index (Phi) is 5.69. The highest BCUT2D eigenvalue weighted by Gasteiger charge is 1.96. The largest absolute Gasteiger partial charge is 0.419 e. The third-order valence-electron chi connectivity index (χ3n) is 1.09. The molecule has 4 heteroatoms. The molecule has 0 radical (unpaired) electrons. The number of nitrogens with one attached hydrogen (secondary N) is 1. The second kappa shape index (κ2) is 6.39. The molecule has 3 nitrogen and oxygen atoms in total. The first kappa shape index (κ1) is 10.7. The number of alkyl halides is 1. The van der Waals surface area contributed by atoms with Crippen molar-refractivity contribution in [2.45, 2.75) is 12.6 Å². The van der Waals surface area contributed by atoms with Gasteiger partial charge in [0.2, 0.25) is 0 Å². The van der Waals surface area contributed by atoms with E-state index in [-0.39, 0.29) is 6.42 Å². The van der Waals surface area contributed by atoms with Crippen molar-refractivity contribution in [3.05, 3.63) is 25.0 Å². The minimum atomic E-state index is -1.09. The van der Waals surface area contributed by atoms with Crippen LogP contribution >= 0.6 is 0 Å². The lowest BCUT2D eigenvalue weighted by Crippen LogP contribution is -2.16. The minimum Gasteiger partial charge on any atom is -0.419 e. The van der Waals surface area contributed by atoms with Gasteiger partial charge in [0.05, 0.1) is 6.26 Å². The first-order chi connectivity index (χ1) is 5.70. The van der Waals surface area contributed by atoms with E-state index < -0.39 is 12.3 Å². The van der Waals surface area contributed by atoms with Crippen molar-refractivity contribution in [3.63, 3.8) is 0 Å². The van der Waals surface area contributed by atoms with Crippen LogP contribution in [0.15, 0.2) is 25.0 Å². The van der Waals surface area contributed by atoms with Gasteiger partial charge >= 0.3 is 6.09 Å². The Labute approximate surface area is 70.9 Å². The summed E-state index contributed by atoms with van der Waals surface area (Å²) in [6, 6.07) is 0. The molecule has 1 atom stereocenters. The van der Waals surface area contributed by atoms with Gasteiger partial charge in [0.1, 0.15) is 6.17 Å². The monoisotopic (exact) mass is 173 g/mol. The molecule has 12 heavy (non-hydrogen) atoms. The van der Waals surface area contributed by atoms with Gasteiger partial charge in [-0.2, -0.15) is 0 Å². The number of amides is 1. The van der Waals surface area contributed by atoms with E-state index >= 15 is 0 Å². The van der Waals surface area contributed by atoms with Crippen molar-refractivity contribution in [1.82, 2.24) is 5.32 Å². The third-order valence-corrected chi connectivity index (χ3v) is 1.09. The molecule has 0 aromatic heterocycles. The van der Waals surface area contributed by atoms with Crippen LogP contribution in [0, 0.1) is 0 Å². The number of halogens is 1. The highest BCUT2D eigenvalue weighted by molar-refractivity contribution is 5.67. The normalized spacial score (nSPS) is 12.5. The average molecular weight is 173 g/mol. The molecule has 68 valence electrons. The third kappa shape index (κ3) is 5.46. The number of carbonyl (C=O) groups excluding carboxylic acids is 1. The SMILES string of the molecule is C=CC(F)C/C=C/OC(=O)NC. The van der Waals surface area contributed by atoms with E-state index in [1.165, 1.54) is 19.2 Å². The fraction of sp³-hybridized carbons (Fsp3) is 0.375. The average Bonchev–Trinajstić information content (AvgIpc) is 2.11. The van der Waals surface area contributed by atoms with Gasteiger partial charge in [-0.15, -0.1) is 6.58 Å². The summed E-state index contributed by atoms with van der Waals surface area (Å²) in [5, 5.41) is 2.24. The van der Waals surface area contributed by atoms with Crippen molar-refractivity contribution in [2.24, 2.45) is 0 Å². The first-order valence-corrected chi connectivity index (χ1v) is 3.50. The summed E-state index contributed by atoms with van der Waals surface area (Å²) >= 11 is 0. The van der Waals surface area contributed by atoms with Gasteiger partial charge in [0.15, 0.2) is 0 Å². The maximum Gasteiger partial charge on any atom is 0.411 e. The van der Waals surface area contributed by atoms with E-state index in [9.17, 15) is 9.18 Å². The molecule has 0 rings (SSSR count). The Hall–Kier alpha value is -1.32. The first-order valence-electron chi connectivity index (χ1n) is 3.50. The number of allylic oxidation sites excluding steroid dienone is 2. The predicted molar refractivity (Wildman–Crippen MR) is 44.4 cm³/mol. The molecule has 1 N–H and O–H groups in total. The van der Waals surface area contributed by atoms with Crippen molar-refractivity contribution in [3.8, 4) is 0 Å². The number of ether oxygens (including phenoxy) is 1. The Morgan fingerprint density at radius 1 is 1.83 bits per heavy atom. The lowest BCUT2D eigenvalue weighted by Gasteiger charge is -1.96. The van der Waals surface area contributed by atoms with Crippen LogP contribution < -0.4 is 5.32 Å². The molecule has 0 bridgehead atoms. The number of hydrogen-bond donors (Lipinski definition) is 1. The van der Waals surface area contributed by atoms with Crippen LogP contribution in [-0.2, 0) is 4.74 Å². The maximum atomic E-state index is 12.4. The van der Waals surface area contributed by atoms with Crippen molar-refractivity contribution < 1.29 is 13.9 Å². The molecule has 0 spiro atoms. The molecule has 0 aliphatic carbocycles. The molecule has 1 amide bonds. The number of alkyl carbamates (subject to hydrolysis) is 1. The number of carbonyl (C=O) groups is 1. The van der Waals surface area contributed by atoms with E-state index in [4.69, 9.17) is 0 Å². The Balaban J connectivity index is 3.49. The molecule has 0 fully saturated rings.